The van der Waals surface area contributed by atoms with Gasteiger partial charge in [-0.25, -0.2) is 4.79 Å². The molecule has 2 aromatic carbocycles. The van der Waals surface area contributed by atoms with Crippen molar-refractivity contribution in [3.05, 3.63) is 63.7 Å². The fourth-order valence-electron chi connectivity index (χ4n) is 1.42. The molecule has 2 aromatic rings. The largest absolute Gasteiger partial charge is 0.456 e. The van der Waals surface area contributed by atoms with Gasteiger partial charge in [-0.05, 0) is 91.7 Å². The maximum atomic E-state index is 11.6. The number of rotatable bonds is 2. The third kappa shape index (κ3) is 7.82. The highest BCUT2D eigenvalue weighted by molar-refractivity contribution is 14.1. The van der Waals surface area contributed by atoms with Gasteiger partial charge in [-0.3, -0.25) is 5.14 Å². The maximum absolute atomic E-state index is 11.6. The predicted octanol–water partition coefficient (Wildman–Crippen LogP) is 4.90. The third-order valence-electron chi connectivity index (χ3n) is 2.36. The van der Waals surface area contributed by atoms with Gasteiger partial charge in [0.05, 0.1) is 5.56 Å². The summed E-state index contributed by atoms with van der Waals surface area (Å²) in [5.74, 6) is -0.309. The molecule has 0 heterocycles. The number of halogens is 1. The van der Waals surface area contributed by atoms with Gasteiger partial charge in [0.1, 0.15) is 5.60 Å². The average molecular weight is 429 g/mol. The highest BCUT2D eigenvalue weighted by Crippen LogP contribution is 2.15. The molecule has 0 fully saturated rings. The molecule has 118 valence electrons. The van der Waals surface area contributed by atoms with Crippen LogP contribution in [0.5, 0.6) is 0 Å². The first-order valence-corrected chi connectivity index (χ1v) is 8.68. The molecule has 0 atom stereocenters. The second-order valence-corrected chi connectivity index (χ2v) is 7.39. The topological polar surface area (TPSA) is 52.3 Å². The quantitative estimate of drug-likeness (QED) is 0.419. The van der Waals surface area contributed by atoms with Crippen LogP contribution in [-0.2, 0) is 4.74 Å². The molecule has 2 rings (SSSR count). The van der Waals surface area contributed by atoms with Crippen molar-refractivity contribution in [2.24, 2.45) is 5.14 Å². The Morgan fingerprint density at radius 2 is 1.59 bits per heavy atom. The molecular formula is C17H20INO2S. The Kier molecular flexibility index (Phi) is 7.92. The van der Waals surface area contributed by atoms with E-state index in [-0.39, 0.29) is 5.97 Å². The summed E-state index contributed by atoms with van der Waals surface area (Å²) in [5, 5.41) is 5.38. The minimum Gasteiger partial charge on any atom is -0.456 e. The van der Waals surface area contributed by atoms with Crippen LogP contribution < -0.4 is 5.14 Å². The molecule has 0 saturated carbocycles. The van der Waals surface area contributed by atoms with E-state index >= 15 is 0 Å². The van der Waals surface area contributed by atoms with Crippen LogP contribution in [0.3, 0.4) is 0 Å². The molecule has 0 aliphatic rings. The first-order chi connectivity index (χ1) is 10.3. The van der Waals surface area contributed by atoms with Crippen LogP contribution in [0.1, 0.15) is 31.1 Å². The Morgan fingerprint density at radius 3 is 1.95 bits per heavy atom. The molecule has 0 amide bonds. The highest BCUT2D eigenvalue weighted by Gasteiger charge is 2.17. The Morgan fingerprint density at radius 1 is 1.05 bits per heavy atom. The number of benzene rings is 2. The van der Waals surface area contributed by atoms with Gasteiger partial charge >= 0.3 is 5.97 Å². The summed E-state index contributed by atoms with van der Waals surface area (Å²) in [6.45, 7) is 5.53. The molecule has 2 N–H and O–H groups in total. The SMILES string of the molecule is CC(C)(C)OC(=O)c1ccc(SN)cc1.Ic1ccccc1. The molecule has 0 aliphatic heterocycles. The number of nitrogens with two attached hydrogens (primary N) is 1. The fourth-order valence-corrected chi connectivity index (χ4v) is 2.13. The predicted molar refractivity (Wildman–Crippen MR) is 101 cm³/mol. The molecule has 22 heavy (non-hydrogen) atoms. The first kappa shape index (κ1) is 19.0. The van der Waals surface area contributed by atoms with E-state index in [1.54, 1.807) is 24.3 Å². The molecule has 0 bridgehead atoms. The third-order valence-corrected chi connectivity index (χ3v) is 3.62. The van der Waals surface area contributed by atoms with E-state index in [0.717, 1.165) is 16.8 Å². The van der Waals surface area contributed by atoms with Gasteiger partial charge in [-0.15, -0.1) is 0 Å². The molecule has 0 aliphatic carbocycles. The molecule has 0 spiro atoms. The van der Waals surface area contributed by atoms with Gasteiger partial charge in [0, 0.05) is 8.47 Å². The summed E-state index contributed by atoms with van der Waals surface area (Å²) in [5.41, 5.74) is 0.0842. The maximum Gasteiger partial charge on any atom is 0.338 e. The summed E-state index contributed by atoms with van der Waals surface area (Å²) < 4.78 is 6.51. The smallest absolute Gasteiger partial charge is 0.338 e. The summed E-state index contributed by atoms with van der Waals surface area (Å²) >= 11 is 3.43. The number of carbonyl (C=O) groups excluding carboxylic acids is 1. The van der Waals surface area contributed by atoms with E-state index < -0.39 is 5.60 Å². The number of hydrogen-bond acceptors (Lipinski definition) is 4. The van der Waals surface area contributed by atoms with Gasteiger partial charge in [0.15, 0.2) is 0 Å². The van der Waals surface area contributed by atoms with E-state index in [9.17, 15) is 4.79 Å². The van der Waals surface area contributed by atoms with Crippen LogP contribution in [0.25, 0.3) is 0 Å². The van der Waals surface area contributed by atoms with E-state index in [1.165, 1.54) is 3.57 Å². The zero-order valence-electron chi connectivity index (χ0n) is 12.9. The lowest BCUT2D eigenvalue weighted by molar-refractivity contribution is 0.00695. The summed E-state index contributed by atoms with van der Waals surface area (Å²) in [6.07, 6.45) is 0. The van der Waals surface area contributed by atoms with Gasteiger partial charge in [0.2, 0.25) is 0 Å². The Bertz CT molecular complexity index is 580. The number of carbonyl (C=O) groups is 1. The second-order valence-electron chi connectivity index (χ2n) is 5.44. The molecule has 3 nitrogen and oxygen atoms in total. The summed E-state index contributed by atoms with van der Waals surface area (Å²) in [7, 11) is 0. The first-order valence-electron chi connectivity index (χ1n) is 6.72. The van der Waals surface area contributed by atoms with Crippen molar-refractivity contribution in [3.63, 3.8) is 0 Å². The fraction of sp³-hybridized carbons (Fsp3) is 0.235. The van der Waals surface area contributed by atoms with Crippen molar-refractivity contribution in [1.29, 1.82) is 0 Å². The Hall–Kier alpha value is -1.05. The standard InChI is InChI=1S/C11H15NO2S.C6H5I/c1-11(2,3)14-10(13)8-4-6-9(15-12)7-5-8;7-6-4-2-1-3-5-6/h4-7H,12H2,1-3H3;1-5H. The molecule has 0 unspecified atom stereocenters. The van der Waals surface area contributed by atoms with Crippen molar-refractivity contribution < 1.29 is 9.53 Å². The highest BCUT2D eigenvalue weighted by atomic mass is 127. The van der Waals surface area contributed by atoms with E-state index in [0.29, 0.717) is 5.56 Å². The zero-order chi connectivity index (χ0) is 16.6. The average Bonchev–Trinajstić information content (AvgIpc) is 2.47. The molecule has 5 heteroatoms. The summed E-state index contributed by atoms with van der Waals surface area (Å²) in [6, 6.07) is 17.2. The van der Waals surface area contributed by atoms with Crippen LogP contribution in [0.15, 0.2) is 59.5 Å². The van der Waals surface area contributed by atoms with Crippen molar-refractivity contribution in [1.82, 2.24) is 0 Å². The normalized spacial score (nSPS) is 10.4. The second kappa shape index (κ2) is 9.17. The van der Waals surface area contributed by atoms with Crippen molar-refractivity contribution >= 4 is 40.5 Å². The van der Waals surface area contributed by atoms with Gasteiger partial charge in [0.25, 0.3) is 0 Å². The van der Waals surface area contributed by atoms with Gasteiger partial charge in [-0.2, -0.15) is 0 Å². The molecule has 0 aromatic heterocycles. The van der Waals surface area contributed by atoms with Crippen LogP contribution in [0.2, 0.25) is 0 Å². The van der Waals surface area contributed by atoms with Crippen molar-refractivity contribution in [3.8, 4) is 0 Å². The minimum absolute atomic E-state index is 0.309. The Labute approximate surface area is 149 Å². The number of esters is 1. The van der Waals surface area contributed by atoms with Crippen molar-refractivity contribution in [2.75, 3.05) is 0 Å². The monoisotopic (exact) mass is 429 g/mol. The van der Waals surface area contributed by atoms with Crippen LogP contribution in [0.4, 0.5) is 0 Å². The van der Waals surface area contributed by atoms with Crippen molar-refractivity contribution in [2.45, 2.75) is 31.3 Å². The van der Waals surface area contributed by atoms with E-state index in [4.69, 9.17) is 9.88 Å². The van der Waals surface area contributed by atoms with Crippen LogP contribution in [0, 0.1) is 3.57 Å². The lowest BCUT2D eigenvalue weighted by atomic mass is 10.2. The molecule has 0 radical (unpaired) electrons. The molecule has 0 saturated heterocycles. The van der Waals surface area contributed by atoms with Crippen LogP contribution >= 0.6 is 34.5 Å². The van der Waals surface area contributed by atoms with Gasteiger partial charge < -0.3 is 4.74 Å². The Balaban J connectivity index is 0.000000287. The van der Waals surface area contributed by atoms with Crippen LogP contribution in [-0.4, -0.2) is 11.6 Å². The number of ether oxygens (including phenoxy) is 1. The lowest BCUT2D eigenvalue weighted by Gasteiger charge is -2.19. The lowest BCUT2D eigenvalue weighted by Crippen LogP contribution is -2.23. The summed E-state index contributed by atoms with van der Waals surface area (Å²) in [4.78, 5) is 12.5. The molecular weight excluding hydrogens is 409 g/mol. The zero-order valence-corrected chi connectivity index (χ0v) is 15.9. The number of hydrogen-bond donors (Lipinski definition) is 1. The van der Waals surface area contributed by atoms with E-state index in [1.807, 2.05) is 39.0 Å². The minimum atomic E-state index is -0.460. The van der Waals surface area contributed by atoms with E-state index in [2.05, 4.69) is 34.7 Å². The van der Waals surface area contributed by atoms with Gasteiger partial charge in [-0.1, -0.05) is 18.2 Å².